The Balaban J connectivity index is 1.75. The van der Waals surface area contributed by atoms with E-state index in [1.54, 1.807) is 4.57 Å². The van der Waals surface area contributed by atoms with Crippen LogP contribution in [-0.4, -0.2) is 25.7 Å². The van der Waals surface area contributed by atoms with E-state index in [0.717, 1.165) is 27.7 Å². The lowest BCUT2D eigenvalue weighted by molar-refractivity contribution is 0.0951. The van der Waals surface area contributed by atoms with Crippen LogP contribution < -0.4 is 5.32 Å². The van der Waals surface area contributed by atoms with Gasteiger partial charge in [-0.2, -0.15) is 5.10 Å². The molecule has 0 saturated heterocycles. The molecule has 146 valence electrons. The number of amides is 1. The Morgan fingerprint density at radius 3 is 2.69 bits per heavy atom. The molecule has 6 nitrogen and oxygen atoms in total. The van der Waals surface area contributed by atoms with Crippen LogP contribution in [0.25, 0.3) is 22.2 Å². The maximum Gasteiger partial charge on any atom is 0.252 e. The normalized spacial score (nSPS) is 11.0. The molecule has 7 heteroatoms. The van der Waals surface area contributed by atoms with Gasteiger partial charge < -0.3 is 9.88 Å². The van der Waals surface area contributed by atoms with Gasteiger partial charge in [0, 0.05) is 18.0 Å². The lowest BCUT2D eigenvalue weighted by Gasteiger charge is -2.12. The lowest BCUT2D eigenvalue weighted by Crippen LogP contribution is -2.25. The van der Waals surface area contributed by atoms with Crippen molar-refractivity contribution in [1.82, 2.24) is 25.1 Å². The Bertz CT molecular complexity index is 1290. The summed E-state index contributed by atoms with van der Waals surface area (Å²) in [5, 5.41) is 10.6. The third kappa shape index (κ3) is 3.69. The van der Waals surface area contributed by atoms with E-state index in [4.69, 9.17) is 17.2 Å². The zero-order chi connectivity index (χ0) is 20.5. The summed E-state index contributed by atoms with van der Waals surface area (Å²) in [4.78, 5) is 17.9. The van der Waals surface area contributed by atoms with Gasteiger partial charge in [0.15, 0.2) is 10.6 Å². The van der Waals surface area contributed by atoms with Gasteiger partial charge >= 0.3 is 0 Å². The van der Waals surface area contributed by atoms with Gasteiger partial charge in [0.2, 0.25) is 0 Å². The molecule has 0 unspecified atom stereocenters. The summed E-state index contributed by atoms with van der Waals surface area (Å²) in [5.74, 6) is 0.486. The zero-order valence-corrected chi connectivity index (χ0v) is 17.3. The van der Waals surface area contributed by atoms with E-state index < -0.39 is 0 Å². The Morgan fingerprint density at radius 1 is 1.17 bits per heavy atom. The molecule has 0 bridgehead atoms. The van der Waals surface area contributed by atoms with Crippen LogP contribution >= 0.6 is 12.2 Å². The largest absolute Gasteiger partial charge is 0.345 e. The fourth-order valence-corrected chi connectivity index (χ4v) is 3.55. The maximum atomic E-state index is 13.1. The molecule has 0 fully saturated rings. The number of hydrogen-bond donors (Lipinski definition) is 2. The van der Waals surface area contributed by atoms with E-state index in [0.29, 0.717) is 16.2 Å². The number of fused-ring (bicyclic) bond motifs is 1. The summed E-state index contributed by atoms with van der Waals surface area (Å²) in [7, 11) is 1.81. The van der Waals surface area contributed by atoms with Crippen LogP contribution in [0, 0.1) is 18.6 Å². The van der Waals surface area contributed by atoms with Gasteiger partial charge in [-0.15, -0.1) is 0 Å². The van der Waals surface area contributed by atoms with Crippen LogP contribution in [0.2, 0.25) is 0 Å². The topological polar surface area (TPSA) is 75.6 Å². The highest BCUT2D eigenvalue weighted by molar-refractivity contribution is 7.71. The molecule has 0 aliphatic carbocycles. The van der Waals surface area contributed by atoms with E-state index in [1.807, 2.05) is 37.4 Å². The highest BCUT2D eigenvalue weighted by Crippen LogP contribution is 2.27. The van der Waals surface area contributed by atoms with Crippen LogP contribution in [0.4, 0.5) is 0 Å². The molecule has 4 aromatic rings. The second-order valence-electron chi connectivity index (χ2n) is 7.08. The number of aromatic nitrogens is 4. The smallest absolute Gasteiger partial charge is 0.252 e. The fourth-order valence-electron chi connectivity index (χ4n) is 3.39. The van der Waals surface area contributed by atoms with E-state index in [2.05, 4.69) is 47.6 Å². The molecule has 2 N–H and O–H groups in total. The van der Waals surface area contributed by atoms with Gasteiger partial charge in [-0.1, -0.05) is 42.0 Å². The van der Waals surface area contributed by atoms with Crippen LogP contribution in [0.3, 0.4) is 0 Å². The number of nitrogens with zero attached hydrogens (tertiary/aromatic N) is 3. The number of carbonyl (C=O) groups excluding carboxylic acids is 1. The molecule has 0 spiro atoms. The quantitative estimate of drug-likeness (QED) is 0.500. The van der Waals surface area contributed by atoms with Crippen molar-refractivity contribution in [2.75, 3.05) is 0 Å². The van der Waals surface area contributed by atoms with Gasteiger partial charge in [-0.25, -0.2) is 4.98 Å². The summed E-state index contributed by atoms with van der Waals surface area (Å²) < 4.78 is 2.25. The van der Waals surface area contributed by atoms with Crippen molar-refractivity contribution in [2.45, 2.75) is 20.4 Å². The first kappa shape index (κ1) is 19.0. The van der Waals surface area contributed by atoms with Crippen molar-refractivity contribution in [3.63, 3.8) is 0 Å². The number of para-hydroxylation sites is 1. The van der Waals surface area contributed by atoms with Crippen molar-refractivity contribution >= 4 is 29.0 Å². The number of nitrogens with one attached hydrogen (secondary N) is 2. The minimum absolute atomic E-state index is 0.177. The van der Waals surface area contributed by atoms with Gasteiger partial charge in [0.1, 0.15) is 0 Å². The average Bonchev–Trinajstić information content (AvgIpc) is 3.03. The number of pyridine rings is 1. The highest BCUT2D eigenvalue weighted by Gasteiger charge is 2.15. The third-order valence-electron chi connectivity index (χ3n) is 5.00. The highest BCUT2D eigenvalue weighted by atomic mass is 32.1. The molecule has 0 aliphatic rings. The predicted octanol–water partition coefficient (Wildman–Crippen LogP) is 4.24. The van der Waals surface area contributed by atoms with E-state index in [-0.39, 0.29) is 12.5 Å². The number of hydrogen-bond acceptors (Lipinski definition) is 4. The van der Waals surface area contributed by atoms with Crippen molar-refractivity contribution in [3.05, 3.63) is 75.8 Å². The molecule has 4 rings (SSSR count). The number of H-pyrrole nitrogens is 1. The van der Waals surface area contributed by atoms with E-state index >= 15 is 0 Å². The molecule has 2 aromatic carbocycles. The van der Waals surface area contributed by atoms with E-state index in [9.17, 15) is 4.79 Å². The summed E-state index contributed by atoms with van der Waals surface area (Å²) in [5.41, 5.74) is 5.49. The molecule has 0 radical (unpaired) electrons. The van der Waals surface area contributed by atoms with Gasteiger partial charge in [-0.3, -0.25) is 9.89 Å². The Hall–Kier alpha value is -3.32. The first-order valence-corrected chi connectivity index (χ1v) is 9.71. The third-order valence-corrected chi connectivity index (χ3v) is 5.36. The second kappa shape index (κ2) is 7.60. The molecule has 1 amide bonds. The Labute approximate surface area is 173 Å². The van der Waals surface area contributed by atoms with Crippen molar-refractivity contribution < 1.29 is 4.79 Å². The van der Waals surface area contributed by atoms with Gasteiger partial charge in [0.05, 0.1) is 23.3 Å². The molecular formula is C22H21N5OS. The molecule has 0 aliphatic heterocycles. The Kier molecular flexibility index (Phi) is 4.98. The molecular weight excluding hydrogens is 382 g/mol. The maximum absolute atomic E-state index is 13.1. The minimum atomic E-state index is -0.177. The van der Waals surface area contributed by atoms with Gasteiger partial charge in [-0.05, 0) is 43.8 Å². The summed E-state index contributed by atoms with van der Waals surface area (Å²) in [6, 6.07) is 15.8. The standard InChI is InChI=1S/C22H21N5OS/c1-13-8-9-15(14(2)10-13)19-11-17(16-6-4-5-7-18(16)24-19)21(28)23-12-20-25-26-22(29)27(20)3/h4-11H,12H2,1-3H3,(H,23,28)(H,26,29). The van der Waals surface area contributed by atoms with Crippen molar-refractivity contribution in [2.24, 2.45) is 7.05 Å². The number of benzene rings is 2. The van der Waals surface area contributed by atoms with Crippen LogP contribution in [-0.2, 0) is 13.6 Å². The summed E-state index contributed by atoms with van der Waals surface area (Å²) in [6.45, 7) is 4.40. The molecule has 29 heavy (non-hydrogen) atoms. The van der Waals surface area contributed by atoms with Crippen LogP contribution in [0.1, 0.15) is 27.3 Å². The minimum Gasteiger partial charge on any atom is -0.345 e. The number of aromatic amines is 1. The summed E-state index contributed by atoms with van der Waals surface area (Å²) in [6.07, 6.45) is 0. The number of aryl methyl sites for hydroxylation is 2. The zero-order valence-electron chi connectivity index (χ0n) is 16.5. The second-order valence-corrected chi connectivity index (χ2v) is 7.46. The first-order valence-electron chi connectivity index (χ1n) is 9.30. The molecule has 2 heterocycles. The number of carbonyl (C=O) groups is 1. The predicted molar refractivity (Wildman–Crippen MR) is 116 cm³/mol. The van der Waals surface area contributed by atoms with Crippen molar-refractivity contribution in [3.8, 4) is 11.3 Å². The van der Waals surface area contributed by atoms with Gasteiger partial charge in [0.25, 0.3) is 5.91 Å². The fraction of sp³-hybridized carbons (Fsp3) is 0.182. The lowest BCUT2D eigenvalue weighted by atomic mass is 9.99. The monoisotopic (exact) mass is 403 g/mol. The van der Waals surface area contributed by atoms with E-state index in [1.165, 1.54) is 5.56 Å². The Morgan fingerprint density at radius 2 is 1.97 bits per heavy atom. The SMILES string of the molecule is Cc1ccc(-c2cc(C(=O)NCc3n[nH]c(=S)n3C)c3ccccc3n2)c(C)c1. The molecule has 2 aromatic heterocycles. The first-order chi connectivity index (χ1) is 13.9. The summed E-state index contributed by atoms with van der Waals surface area (Å²) >= 11 is 5.13. The number of rotatable bonds is 4. The average molecular weight is 404 g/mol. The van der Waals surface area contributed by atoms with Crippen LogP contribution in [0.15, 0.2) is 48.5 Å². The molecule has 0 saturated carbocycles. The van der Waals surface area contributed by atoms with Crippen LogP contribution in [0.5, 0.6) is 0 Å². The van der Waals surface area contributed by atoms with Crippen molar-refractivity contribution in [1.29, 1.82) is 0 Å². The molecule has 0 atom stereocenters.